The number of fused-ring (bicyclic) bond motifs is 1. The number of rotatable bonds is 5. The third kappa shape index (κ3) is 3.74. The summed E-state index contributed by atoms with van der Waals surface area (Å²) in [6, 6.07) is 13.2. The molecule has 3 aromatic carbocycles. The van der Waals surface area contributed by atoms with E-state index < -0.39 is 41.5 Å². The van der Waals surface area contributed by atoms with Gasteiger partial charge in [-0.15, -0.1) is 0 Å². The van der Waals surface area contributed by atoms with Crippen molar-refractivity contribution < 1.29 is 30.5 Å². The van der Waals surface area contributed by atoms with Crippen LogP contribution in [-0.2, 0) is 20.2 Å². The van der Waals surface area contributed by atoms with E-state index in [1.807, 2.05) is 0 Å². The van der Waals surface area contributed by atoms with Crippen LogP contribution < -0.4 is 4.18 Å². The first kappa shape index (κ1) is 18.8. The molecule has 0 fully saturated rings. The summed E-state index contributed by atoms with van der Waals surface area (Å²) in [7, 11) is -9.17. The minimum Gasteiger partial charge on any atom is -0.372 e. The highest BCUT2D eigenvalue weighted by Gasteiger charge is 2.27. The molecule has 140 valence electrons. The van der Waals surface area contributed by atoms with Crippen molar-refractivity contribution in [1.82, 2.24) is 0 Å². The first-order valence-corrected chi connectivity index (χ1v) is 10.1. The molecule has 0 bridgehead atoms. The van der Waals surface area contributed by atoms with Gasteiger partial charge in [0.2, 0.25) is 5.75 Å². The van der Waals surface area contributed by atoms with Crippen molar-refractivity contribution >= 4 is 36.7 Å². The van der Waals surface area contributed by atoms with Gasteiger partial charge in [-0.1, -0.05) is 36.4 Å². The average Bonchev–Trinajstić information content (AvgIpc) is 2.60. The van der Waals surface area contributed by atoms with Crippen LogP contribution >= 0.6 is 0 Å². The van der Waals surface area contributed by atoms with Crippen molar-refractivity contribution in [1.29, 1.82) is 0 Å². The summed E-state index contributed by atoms with van der Waals surface area (Å²) in [6.45, 7) is 0. The molecule has 1 N–H and O–H groups in total. The van der Waals surface area contributed by atoms with Crippen molar-refractivity contribution in [2.45, 2.75) is 9.79 Å². The summed E-state index contributed by atoms with van der Waals surface area (Å²) in [5.41, 5.74) is -0.922. The van der Waals surface area contributed by atoms with E-state index in [1.54, 1.807) is 30.3 Å². The Bertz CT molecular complexity index is 1260. The number of hydrogen-bond acceptors (Lipinski definition) is 7. The van der Waals surface area contributed by atoms with Gasteiger partial charge in [-0.05, 0) is 23.6 Å². The Balaban J connectivity index is 2.12. The van der Waals surface area contributed by atoms with Crippen molar-refractivity contribution in [2.75, 3.05) is 0 Å². The van der Waals surface area contributed by atoms with Crippen LogP contribution in [0.4, 0.5) is 5.69 Å². The predicted octanol–water partition coefficient (Wildman–Crippen LogP) is 2.76. The lowest BCUT2D eigenvalue weighted by Crippen LogP contribution is -2.12. The first-order chi connectivity index (χ1) is 12.6. The van der Waals surface area contributed by atoms with E-state index in [2.05, 4.69) is 0 Å². The molecule has 0 saturated heterocycles. The normalized spacial score (nSPS) is 12.0. The zero-order valence-electron chi connectivity index (χ0n) is 13.3. The molecule has 27 heavy (non-hydrogen) atoms. The van der Waals surface area contributed by atoms with Crippen molar-refractivity contribution in [3.05, 3.63) is 70.8 Å². The minimum atomic E-state index is -4.71. The largest absolute Gasteiger partial charge is 0.372 e. The number of nitro groups is 1. The molecule has 0 spiro atoms. The Hall–Kier alpha value is -3.02. The summed E-state index contributed by atoms with van der Waals surface area (Å²) in [4.78, 5) is 9.22. The van der Waals surface area contributed by atoms with Gasteiger partial charge < -0.3 is 4.18 Å². The molecular weight excluding hydrogens is 398 g/mol. The topological polar surface area (TPSA) is 141 Å². The molecular formula is C16H11NO8S2. The van der Waals surface area contributed by atoms with E-state index in [1.165, 1.54) is 12.1 Å². The zero-order valence-corrected chi connectivity index (χ0v) is 15.0. The fourth-order valence-corrected chi connectivity index (χ4v) is 4.12. The van der Waals surface area contributed by atoms with Gasteiger partial charge in [0.25, 0.3) is 10.1 Å². The Morgan fingerprint density at radius 1 is 0.926 bits per heavy atom. The summed E-state index contributed by atoms with van der Waals surface area (Å²) >= 11 is 0. The summed E-state index contributed by atoms with van der Waals surface area (Å²) in [6.07, 6.45) is 0. The van der Waals surface area contributed by atoms with Crippen molar-refractivity contribution in [3.63, 3.8) is 0 Å². The molecule has 0 atom stereocenters. The zero-order chi connectivity index (χ0) is 19.8. The maximum atomic E-state index is 12.7. The second kappa shape index (κ2) is 6.61. The molecule has 0 heterocycles. The van der Waals surface area contributed by atoms with Crippen LogP contribution in [0.2, 0.25) is 0 Å². The average molecular weight is 409 g/mol. The third-order valence-corrected chi connectivity index (χ3v) is 5.79. The second-order valence-corrected chi connectivity index (χ2v) is 8.31. The highest BCUT2D eigenvalue weighted by molar-refractivity contribution is 7.87. The fraction of sp³-hybridized carbons (Fsp3) is 0. The highest BCUT2D eigenvalue weighted by Crippen LogP contribution is 2.33. The number of nitro benzene ring substituents is 1. The van der Waals surface area contributed by atoms with E-state index in [0.29, 0.717) is 16.8 Å². The van der Waals surface area contributed by atoms with Crippen molar-refractivity contribution in [3.8, 4) is 5.75 Å². The highest BCUT2D eigenvalue weighted by atomic mass is 32.2. The molecule has 0 unspecified atom stereocenters. The molecule has 11 heteroatoms. The quantitative estimate of drug-likeness (QED) is 0.293. The molecule has 3 rings (SSSR count). The summed E-state index contributed by atoms with van der Waals surface area (Å²) in [5, 5.41) is 12.2. The minimum absolute atomic E-state index is 0.200. The van der Waals surface area contributed by atoms with Gasteiger partial charge in [0, 0.05) is 11.5 Å². The first-order valence-electron chi connectivity index (χ1n) is 7.28. The van der Waals surface area contributed by atoms with Crippen LogP contribution in [0.3, 0.4) is 0 Å². The lowest BCUT2D eigenvalue weighted by Gasteiger charge is -2.10. The van der Waals surface area contributed by atoms with Gasteiger partial charge in [-0.3, -0.25) is 14.7 Å². The summed E-state index contributed by atoms with van der Waals surface area (Å²) < 4.78 is 61.5. The van der Waals surface area contributed by atoms with E-state index >= 15 is 0 Å². The molecule has 0 aliphatic rings. The predicted molar refractivity (Wildman–Crippen MR) is 94.7 cm³/mol. The van der Waals surface area contributed by atoms with Crippen molar-refractivity contribution in [2.24, 2.45) is 0 Å². The SMILES string of the molecule is O=[N+]([O-])c1cc(S(=O)(=O)O)ccc1OS(=O)(=O)c1cccc2ccccc12. The molecule has 0 amide bonds. The molecule has 0 aromatic heterocycles. The molecule has 0 radical (unpaired) electrons. The van der Waals surface area contributed by atoms with Gasteiger partial charge >= 0.3 is 15.8 Å². The summed E-state index contributed by atoms with van der Waals surface area (Å²) in [5.74, 6) is -0.680. The number of hydrogen-bond donors (Lipinski definition) is 1. The standard InChI is InChI=1S/C16H11NO8S2/c18-17(19)14-10-12(26(20,21)22)8-9-15(14)25-27(23,24)16-7-3-5-11-4-1-2-6-13(11)16/h1-10H,(H,20,21,22). The molecule has 0 aliphatic carbocycles. The fourth-order valence-electron chi connectivity index (χ4n) is 2.45. The third-order valence-electron chi connectivity index (χ3n) is 3.64. The Morgan fingerprint density at radius 3 is 2.26 bits per heavy atom. The van der Waals surface area contributed by atoms with Crippen LogP contribution in [0.5, 0.6) is 5.75 Å². The Morgan fingerprint density at radius 2 is 1.59 bits per heavy atom. The molecule has 0 saturated carbocycles. The van der Waals surface area contributed by atoms with Gasteiger partial charge in [0.15, 0.2) is 0 Å². The monoisotopic (exact) mass is 409 g/mol. The number of nitrogens with zero attached hydrogens (tertiary/aromatic N) is 1. The number of benzene rings is 3. The van der Waals surface area contributed by atoms with E-state index in [4.69, 9.17) is 8.74 Å². The maximum Gasteiger partial charge on any atom is 0.340 e. The smallest absolute Gasteiger partial charge is 0.340 e. The van der Waals surface area contributed by atoms with Crippen LogP contribution in [0.1, 0.15) is 0 Å². The second-order valence-electron chi connectivity index (χ2n) is 5.38. The molecule has 3 aromatic rings. The molecule has 9 nitrogen and oxygen atoms in total. The van der Waals surface area contributed by atoms with Crippen LogP contribution in [0.25, 0.3) is 10.8 Å². The van der Waals surface area contributed by atoms with E-state index in [0.717, 1.165) is 12.1 Å². The lowest BCUT2D eigenvalue weighted by molar-refractivity contribution is -0.385. The van der Waals surface area contributed by atoms with E-state index in [-0.39, 0.29) is 4.90 Å². The lowest BCUT2D eigenvalue weighted by atomic mass is 10.1. The maximum absolute atomic E-state index is 12.7. The van der Waals surface area contributed by atoms with Gasteiger partial charge in [0.1, 0.15) is 9.79 Å². The molecule has 0 aliphatic heterocycles. The van der Waals surface area contributed by atoms with Crippen LogP contribution in [0, 0.1) is 10.1 Å². The van der Waals surface area contributed by atoms with Gasteiger partial charge in [0.05, 0.1) is 4.92 Å². The van der Waals surface area contributed by atoms with Gasteiger partial charge in [-0.2, -0.15) is 16.8 Å². The van der Waals surface area contributed by atoms with E-state index in [9.17, 15) is 26.9 Å². The van der Waals surface area contributed by atoms with Gasteiger partial charge in [-0.25, -0.2) is 0 Å². The Kier molecular flexibility index (Phi) is 4.59. The van der Waals surface area contributed by atoms with Crippen LogP contribution in [-0.4, -0.2) is 26.3 Å². The van der Waals surface area contributed by atoms with Crippen LogP contribution in [0.15, 0.2) is 70.5 Å². The Labute approximate surface area is 153 Å².